The zero-order valence-corrected chi connectivity index (χ0v) is 11.0. The largest absolute Gasteiger partial charge is 0.478 e. The van der Waals surface area contributed by atoms with Gasteiger partial charge >= 0.3 is 5.97 Å². The second kappa shape index (κ2) is 4.20. The van der Waals surface area contributed by atoms with E-state index in [9.17, 15) is 9.90 Å². The minimum atomic E-state index is -0.973. The lowest BCUT2D eigenvalue weighted by Gasteiger charge is -2.08. The van der Waals surface area contributed by atoms with E-state index in [1.165, 1.54) is 4.68 Å². The topological polar surface area (TPSA) is 68.0 Å². The van der Waals surface area contributed by atoms with Gasteiger partial charge in [0.05, 0.1) is 10.7 Å². The summed E-state index contributed by atoms with van der Waals surface area (Å²) in [7, 11) is 0. The highest BCUT2D eigenvalue weighted by Gasteiger charge is 2.21. The predicted molar refractivity (Wildman–Crippen MR) is 68.0 cm³/mol. The number of aryl methyl sites for hydroxylation is 2. The first-order chi connectivity index (χ1) is 8.65. The summed E-state index contributed by atoms with van der Waals surface area (Å²) in [6.07, 6.45) is 6.17. The Morgan fingerprint density at radius 1 is 1.44 bits per heavy atom. The van der Waals surface area contributed by atoms with Crippen molar-refractivity contribution in [3.05, 3.63) is 39.8 Å². The SMILES string of the molecule is O=C(O)c1cc2c(nc1-n1cc(Br)cn1)CCC2. The molecule has 0 radical (unpaired) electrons. The summed E-state index contributed by atoms with van der Waals surface area (Å²) in [5.74, 6) is -0.590. The van der Waals surface area contributed by atoms with E-state index < -0.39 is 5.97 Å². The Balaban J connectivity index is 2.21. The highest BCUT2D eigenvalue weighted by atomic mass is 79.9. The van der Waals surface area contributed by atoms with Crippen molar-refractivity contribution in [2.24, 2.45) is 0 Å². The van der Waals surface area contributed by atoms with Gasteiger partial charge in [-0.2, -0.15) is 5.10 Å². The summed E-state index contributed by atoms with van der Waals surface area (Å²) < 4.78 is 2.28. The molecule has 18 heavy (non-hydrogen) atoms. The summed E-state index contributed by atoms with van der Waals surface area (Å²) in [5, 5.41) is 13.4. The van der Waals surface area contributed by atoms with Crippen LogP contribution in [0.2, 0.25) is 0 Å². The number of halogens is 1. The fourth-order valence-electron chi connectivity index (χ4n) is 2.21. The van der Waals surface area contributed by atoms with Gasteiger partial charge in [0, 0.05) is 11.9 Å². The molecule has 2 aromatic heterocycles. The molecule has 92 valence electrons. The minimum absolute atomic E-state index is 0.200. The van der Waals surface area contributed by atoms with Crippen LogP contribution < -0.4 is 0 Å². The molecule has 2 aromatic rings. The molecule has 2 heterocycles. The molecule has 0 saturated carbocycles. The normalized spacial score (nSPS) is 13.6. The molecular formula is C12H10BrN3O2. The number of rotatable bonds is 2. The van der Waals surface area contributed by atoms with Crippen molar-refractivity contribution in [3.8, 4) is 5.82 Å². The molecule has 0 aliphatic heterocycles. The van der Waals surface area contributed by atoms with Crippen LogP contribution in [-0.2, 0) is 12.8 Å². The summed E-state index contributed by atoms with van der Waals surface area (Å²) in [6, 6.07) is 1.72. The number of hydrogen-bond donors (Lipinski definition) is 1. The first-order valence-electron chi connectivity index (χ1n) is 5.62. The molecule has 0 unspecified atom stereocenters. The quantitative estimate of drug-likeness (QED) is 0.923. The van der Waals surface area contributed by atoms with E-state index in [-0.39, 0.29) is 5.56 Å². The van der Waals surface area contributed by atoms with Gasteiger partial charge in [-0.1, -0.05) is 0 Å². The number of aromatic nitrogens is 3. The van der Waals surface area contributed by atoms with Gasteiger partial charge in [-0.15, -0.1) is 0 Å². The number of hydrogen-bond acceptors (Lipinski definition) is 3. The van der Waals surface area contributed by atoms with Crippen molar-refractivity contribution < 1.29 is 9.90 Å². The van der Waals surface area contributed by atoms with E-state index in [0.717, 1.165) is 35.0 Å². The molecular weight excluding hydrogens is 298 g/mol. The fraction of sp³-hybridized carbons (Fsp3) is 0.250. The first kappa shape index (κ1) is 11.4. The summed E-state index contributed by atoms with van der Waals surface area (Å²) in [4.78, 5) is 15.8. The maximum atomic E-state index is 11.3. The van der Waals surface area contributed by atoms with Crippen LogP contribution in [0, 0.1) is 0 Å². The van der Waals surface area contributed by atoms with Crippen LogP contribution in [0.15, 0.2) is 22.9 Å². The van der Waals surface area contributed by atoms with E-state index in [0.29, 0.717) is 5.82 Å². The van der Waals surface area contributed by atoms with Crippen LogP contribution in [0.1, 0.15) is 28.0 Å². The molecule has 0 saturated heterocycles. The molecule has 5 nitrogen and oxygen atoms in total. The van der Waals surface area contributed by atoms with Crippen molar-refractivity contribution in [1.29, 1.82) is 0 Å². The maximum Gasteiger partial charge on any atom is 0.339 e. The molecule has 0 bridgehead atoms. The lowest BCUT2D eigenvalue weighted by molar-refractivity contribution is 0.0696. The van der Waals surface area contributed by atoms with Gasteiger partial charge in [0.1, 0.15) is 5.56 Å². The summed E-state index contributed by atoms with van der Waals surface area (Å²) in [5.41, 5.74) is 2.23. The monoisotopic (exact) mass is 307 g/mol. The summed E-state index contributed by atoms with van der Waals surface area (Å²) >= 11 is 3.29. The maximum absolute atomic E-state index is 11.3. The number of nitrogens with zero attached hydrogens (tertiary/aromatic N) is 3. The Hall–Kier alpha value is -1.69. The van der Waals surface area contributed by atoms with E-state index in [1.807, 2.05) is 0 Å². The van der Waals surface area contributed by atoms with Gasteiger partial charge in [-0.3, -0.25) is 0 Å². The van der Waals surface area contributed by atoms with Crippen molar-refractivity contribution in [3.63, 3.8) is 0 Å². The fourth-order valence-corrected chi connectivity index (χ4v) is 2.50. The van der Waals surface area contributed by atoms with Crippen LogP contribution in [-0.4, -0.2) is 25.8 Å². The molecule has 1 aliphatic carbocycles. The second-order valence-corrected chi connectivity index (χ2v) is 5.14. The molecule has 0 spiro atoms. The number of carbonyl (C=O) groups is 1. The van der Waals surface area contributed by atoms with E-state index in [2.05, 4.69) is 26.0 Å². The zero-order valence-electron chi connectivity index (χ0n) is 9.43. The highest BCUT2D eigenvalue weighted by molar-refractivity contribution is 9.10. The van der Waals surface area contributed by atoms with Crippen LogP contribution >= 0.6 is 15.9 Å². The molecule has 1 aliphatic rings. The Bertz CT molecular complexity index is 636. The average Bonchev–Trinajstić information content (AvgIpc) is 2.94. The van der Waals surface area contributed by atoms with Crippen LogP contribution in [0.3, 0.4) is 0 Å². The summed E-state index contributed by atoms with van der Waals surface area (Å²) in [6.45, 7) is 0. The van der Waals surface area contributed by atoms with E-state index >= 15 is 0 Å². The second-order valence-electron chi connectivity index (χ2n) is 4.23. The molecule has 0 atom stereocenters. The highest BCUT2D eigenvalue weighted by Crippen LogP contribution is 2.25. The standard InChI is InChI=1S/C12H10BrN3O2/c13-8-5-14-16(6-8)11-9(12(17)18)4-7-2-1-3-10(7)15-11/h4-6H,1-3H2,(H,17,18). The predicted octanol–water partition coefficient (Wildman–Crippen LogP) is 2.22. The van der Waals surface area contributed by atoms with Crippen molar-refractivity contribution in [2.75, 3.05) is 0 Å². The van der Waals surface area contributed by atoms with Gasteiger partial charge < -0.3 is 5.11 Å². The lowest BCUT2D eigenvalue weighted by atomic mass is 10.1. The molecule has 6 heteroatoms. The van der Waals surface area contributed by atoms with Gasteiger partial charge in [-0.25, -0.2) is 14.5 Å². The Kier molecular flexibility index (Phi) is 2.66. The van der Waals surface area contributed by atoms with Crippen LogP contribution in [0.25, 0.3) is 5.82 Å². The minimum Gasteiger partial charge on any atom is -0.478 e. The molecule has 3 rings (SSSR count). The Labute approximate surface area is 112 Å². The number of aromatic carboxylic acids is 1. The zero-order chi connectivity index (χ0) is 12.7. The molecule has 0 amide bonds. The number of pyridine rings is 1. The number of fused-ring (bicyclic) bond motifs is 1. The molecule has 1 N–H and O–H groups in total. The Morgan fingerprint density at radius 3 is 2.94 bits per heavy atom. The third-order valence-electron chi connectivity index (χ3n) is 3.03. The third kappa shape index (κ3) is 1.82. The number of carboxylic acids is 1. The Morgan fingerprint density at radius 2 is 2.28 bits per heavy atom. The first-order valence-corrected chi connectivity index (χ1v) is 6.41. The van der Waals surface area contributed by atoms with Gasteiger partial charge in [-0.05, 0) is 46.8 Å². The van der Waals surface area contributed by atoms with Crippen molar-refractivity contribution >= 4 is 21.9 Å². The van der Waals surface area contributed by atoms with E-state index in [1.54, 1.807) is 18.5 Å². The number of carboxylic acid groups (broad SMARTS) is 1. The van der Waals surface area contributed by atoms with Gasteiger partial charge in [0.15, 0.2) is 5.82 Å². The molecule has 0 fully saturated rings. The average molecular weight is 308 g/mol. The van der Waals surface area contributed by atoms with Crippen LogP contribution in [0.5, 0.6) is 0 Å². The van der Waals surface area contributed by atoms with Crippen molar-refractivity contribution in [2.45, 2.75) is 19.3 Å². The molecule has 0 aromatic carbocycles. The van der Waals surface area contributed by atoms with Gasteiger partial charge in [0.2, 0.25) is 0 Å². The smallest absolute Gasteiger partial charge is 0.339 e. The lowest BCUT2D eigenvalue weighted by Crippen LogP contribution is -2.10. The van der Waals surface area contributed by atoms with Gasteiger partial charge in [0.25, 0.3) is 0 Å². The van der Waals surface area contributed by atoms with E-state index in [4.69, 9.17) is 0 Å². The third-order valence-corrected chi connectivity index (χ3v) is 3.44. The van der Waals surface area contributed by atoms with Crippen LogP contribution in [0.4, 0.5) is 0 Å². The van der Waals surface area contributed by atoms with Crippen molar-refractivity contribution in [1.82, 2.24) is 14.8 Å².